The van der Waals surface area contributed by atoms with E-state index in [0.29, 0.717) is 12.3 Å². The third-order valence-electron chi connectivity index (χ3n) is 3.51. The summed E-state index contributed by atoms with van der Waals surface area (Å²) in [6, 6.07) is 7.78. The zero-order valence-corrected chi connectivity index (χ0v) is 11.3. The van der Waals surface area contributed by atoms with Crippen LogP contribution in [0.2, 0.25) is 5.02 Å². The monoisotopic (exact) mass is 277 g/mol. The second-order valence-corrected chi connectivity index (χ2v) is 5.46. The van der Waals surface area contributed by atoms with Gasteiger partial charge in [0, 0.05) is 36.9 Å². The number of halogens is 1. The van der Waals surface area contributed by atoms with E-state index in [4.69, 9.17) is 11.6 Å². The summed E-state index contributed by atoms with van der Waals surface area (Å²) < 4.78 is 1.93. The van der Waals surface area contributed by atoms with E-state index in [0.717, 1.165) is 41.6 Å². The average Bonchev–Trinajstić information content (AvgIpc) is 2.79. The normalized spacial score (nSPS) is 18.3. The van der Waals surface area contributed by atoms with Gasteiger partial charge in [0.2, 0.25) is 0 Å². The Morgan fingerprint density at radius 1 is 1.42 bits per heavy atom. The molecule has 0 radical (unpaired) electrons. The third-order valence-corrected chi connectivity index (χ3v) is 3.74. The third kappa shape index (κ3) is 2.80. The zero-order valence-electron chi connectivity index (χ0n) is 10.6. The molecule has 0 fully saturated rings. The molecule has 1 atom stereocenters. The molecule has 5 heteroatoms. The molecule has 0 spiro atoms. The lowest BCUT2D eigenvalue weighted by Gasteiger charge is -2.19. The van der Waals surface area contributed by atoms with Crippen LogP contribution >= 0.6 is 11.6 Å². The Morgan fingerprint density at radius 3 is 3.11 bits per heavy atom. The summed E-state index contributed by atoms with van der Waals surface area (Å²) in [5, 5.41) is 14.5. The van der Waals surface area contributed by atoms with Crippen LogP contribution in [0.3, 0.4) is 0 Å². The van der Waals surface area contributed by atoms with Gasteiger partial charge in [-0.25, -0.2) is 9.67 Å². The topological polar surface area (TPSA) is 50.9 Å². The summed E-state index contributed by atoms with van der Waals surface area (Å²) in [7, 11) is 0. The minimum absolute atomic E-state index is 0.225. The molecule has 2 heterocycles. The summed E-state index contributed by atoms with van der Waals surface area (Å²) in [5.74, 6) is 2.17. The van der Waals surface area contributed by atoms with Crippen molar-refractivity contribution in [3.63, 3.8) is 0 Å². The number of fused-ring (bicyclic) bond motifs is 1. The quantitative estimate of drug-likeness (QED) is 0.934. The second kappa shape index (κ2) is 5.31. The van der Waals surface area contributed by atoms with Crippen LogP contribution < -0.4 is 0 Å². The maximum atomic E-state index is 9.21. The maximum Gasteiger partial charge on any atom is 0.155 e. The number of aliphatic hydroxyl groups is 1. The summed E-state index contributed by atoms with van der Waals surface area (Å²) in [4.78, 5) is 4.57. The molecule has 0 bridgehead atoms. The number of aryl methyl sites for hydroxylation is 1. The molecule has 1 aromatic heterocycles. The summed E-state index contributed by atoms with van der Waals surface area (Å²) in [5.41, 5.74) is 1.12. The first-order valence-corrected chi connectivity index (χ1v) is 6.90. The molecule has 0 amide bonds. The predicted molar refractivity (Wildman–Crippen MR) is 73.2 cm³/mol. The van der Waals surface area contributed by atoms with Gasteiger partial charge in [0.15, 0.2) is 5.82 Å². The van der Waals surface area contributed by atoms with Gasteiger partial charge in [-0.1, -0.05) is 23.7 Å². The van der Waals surface area contributed by atoms with Crippen molar-refractivity contribution in [1.82, 2.24) is 14.8 Å². The summed E-state index contributed by atoms with van der Waals surface area (Å²) >= 11 is 5.98. The van der Waals surface area contributed by atoms with Crippen molar-refractivity contribution in [2.75, 3.05) is 6.61 Å². The molecule has 0 saturated carbocycles. The molecular formula is C14H16ClN3O. The molecule has 19 heavy (non-hydrogen) atoms. The molecule has 0 saturated heterocycles. The van der Waals surface area contributed by atoms with Crippen LogP contribution in [-0.4, -0.2) is 26.5 Å². The number of aliphatic hydroxyl groups excluding tert-OH is 1. The Labute approximate surface area is 117 Å². The Hall–Kier alpha value is -1.39. The van der Waals surface area contributed by atoms with Gasteiger partial charge in [0.25, 0.3) is 0 Å². The van der Waals surface area contributed by atoms with E-state index >= 15 is 0 Å². The minimum atomic E-state index is 0.225. The first-order chi connectivity index (χ1) is 9.24. The zero-order chi connectivity index (χ0) is 13.2. The van der Waals surface area contributed by atoms with Crippen LogP contribution in [0, 0.1) is 5.92 Å². The van der Waals surface area contributed by atoms with E-state index in [1.165, 1.54) is 0 Å². The fourth-order valence-corrected chi connectivity index (χ4v) is 2.69. The lowest BCUT2D eigenvalue weighted by molar-refractivity contribution is 0.185. The Kier molecular flexibility index (Phi) is 3.53. The van der Waals surface area contributed by atoms with Crippen molar-refractivity contribution < 1.29 is 5.11 Å². The lowest BCUT2D eigenvalue weighted by Crippen LogP contribution is -2.23. The largest absolute Gasteiger partial charge is 0.396 e. The van der Waals surface area contributed by atoms with E-state index < -0.39 is 0 Å². The number of nitrogens with zero attached hydrogens (tertiary/aromatic N) is 3. The predicted octanol–water partition coefficient (Wildman–Crippen LogP) is 2.08. The van der Waals surface area contributed by atoms with Crippen molar-refractivity contribution in [3.8, 4) is 0 Å². The first kappa shape index (κ1) is 12.6. The van der Waals surface area contributed by atoms with Crippen LogP contribution in [0.15, 0.2) is 24.3 Å². The van der Waals surface area contributed by atoms with Crippen LogP contribution in [0.1, 0.15) is 23.6 Å². The SMILES string of the molecule is OCC1CCc2nc(Cc3cccc(Cl)c3)nn2C1. The van der Waals surface area contributed by atoms with E-state index in [1.807, 2.05) is 28.9 Å². The minimum Gasteiger partial charge on any atom is -0.396 e. The van der Waals surface area contributed by atoms with E-state index in [2.05, 4.69) is 10.1 Å². The molecule has 1 N–H and O–H groups in total. The van der Waals surface area contributed by atoms with Crippen molar-refractivity contribution in [2.24, 2.45) is 5.92 Å². The molecule has 3 rings (SSSR count). The van der Waals surface area contributed by atoms with E-state index in [1.54, 1.807) is 0 Å². The summed E-state index contributed by atoms with van der Waals surface area (Å²) in [6.45, 7) is 0.997. The molecule has 0 aliphatic carbocycles. The molecular weight excluding hydrogens is 262 g/mol. The average molecular weight is 278 g/mol. The number of rotatable bonds is 3. The van der Waals surface area contributed by atoms with Gasteiger partial charge in [-0.05, 0) is 24.1 Å². The fraction of sp³-hybridized carbons (Fsp3) is 0.429. The fourth-order valence-electron chi connectivity index (χ4n) is 2.48. The Bertz CT molecular complexity index is 582. The molecule has 100 valence electrons. The highest BCUT2D eigenvalue weighted by Gasteiger charge is 2.20. The van der Waals surface area contributed by atoms with Gasteiger partial charge in [-0.15, -0.1) is 0 Å². The highest BCUT2D eigenvalue weighted by molar-refractivity contribution is 6.30. The highest BCUT2D eigenvalue weighted by Crippen LogP contribution is 2.19. The van der Waals surface area contributed by atoms with Gasteiger partial charge in [-0.3, -0.25) is 0 Å². The summed E-state index contributed by atoms with van der Waals surface area (Å²) in [6.07, 6.45) is 2.59. The van der Waals surface area contributed by atoms with Crippen LogP contribution in [0.4, 0.5) is 0 Å². The number of aromatic nitrogens is 3. The number of hydrogen-bond donors (Lipinski definition) is 1. The van der Waals surface area contributed by atoms with E-state index in [9.17, 15) is 5.11 Å². The first-order valence-electron chi connectivity index (χ1n) is 6.52. The molecule has 1 aliphatic heterocycles. The van der Waals surface area contributed by atoms with Crippen molar-refractivity contribution >= 4 is 11.6 Å². The number of hydrogen-bond acceptors (Lipinski definition) is 3. The second-order valence-electron chi connectivity index (χ2n) is 5.02. The van der Waals surface area contributed by atoms with Crippen LogP contribution in [-0.2, 0) is 19.4 Å². The smallest absolute Gasteiger partial charge is 0.155 e. The molecule has 1 unspecified atom stereocenters. The van der Waals surface area contributed by atoms with Gasteiger partial charge >= 0.3 is 0 Å². The lowest BCUT2D eigenvalue weighted by atomic mass is 10.0. The van der Waals surface area contributed by atoms with Crippen molar-refractivity contribution in [2.45, 2.75) is 25.8 Å². The van der Waals surface area contributed by atoms with Gasteiger partial charge in [-0.2, -0.15) is 5.10 Å². The van der Waals surface area contributed by atoms with Crippen molar-refractivity contribution in [1.29, 1.82) is 0 Å². The highest BCUT2D eigenvalue weighted by atomic mass is 35.5. The van der Waals surface area contributed by atoms with E-state index in [-0.39, 0.29) is 6.61 Å². The molecule has 1 aliphatic rings. The molecule has 4 nitrogen and oxygen atoms in total. The Balaban J connectivity index is 1.78. The Morgan fingerprint density at radius 2 is 2.32 bits per heavy atom. The van der Waals surface area contributed by atoms with Gasteiger partial charge in [0.05, 0.1) is 0 Å². The van der Waals surface area contributed by atoms with Crippen LogP contribution in [0.5, 0.6) is 0 Å². The number of benzene rings is 1. The van der Waals surface area contributed by atoms with Gasteiger partial charge in [0.1, 0.15) is 5.82 Å². The van der Waals surface area contributed by atoms with Crippen molar-refractivity contribution in [3.05, 3.63) is 46.5 Å². The molecule has 2 aromatic rings. The van der Waals surface area contributed by atoms with Gasteiger partial charge < -0.3 is 5.11 Å². The maximum absolute atomic E-state index is 9.21. The standard InChI is InChI=1S/C14H16ClN3O/c15-12-3-1-2-10(6-12)7-13-16-14-5-4-11(9-19)8-18(14)17-13/h1-3,6,11,19H,4-5,7-9H2. The van der Waals surface area contributed by atoms with Crippen LogP contribution in [0.25, 0.3) is 0 Å². The molecule has 1 aromatic carbocycles.